The molecule has 0 saturated heterocycles. The fourth-order valence-electron chi connectivity index (χ4n) is 5.13. The zero-order valence-corrected chi connectivity index (χ0v) is 25.3. The van der Waals surface area contributed by atoms with Gasteiger partial charge in [-0.3, -0.25) is 4.21 Å². The average Bonchev–Trinajstić information content (AvgIpc) is 3.60. The molecule has 1 aliphatic rings. The summed E-state index contributed by atoms with van der Waals surface area (Å²) in [5.41, 5.74) is 4.48. The van der Waals surface area contributed by atoms with Crippen LogP contribution in [0.15, 0.2) is 70.9 Å². The van der Waals surface area contributed by atoms with Crippen molar-refractivity contribution in [2.45, 2.75) is 37.0 Å². The van der Waals surface area contributed by atoms with Crippen molar-refractivity contribution < 1.29 is 31.8 Å². The predicted octanol–water partition coefficient (Wildman–Crippen LogP) is 6.83. The lowest BCUT2D eigenvalue weighted by Gasteiger charge is -2.11. The maximum absolute atomic E-state index is 15.2. The molecule has 0 radical (unpaired) electrons. The van der Waals surface area contributed by atoms with Crippen LogP contribution in [0.5, 0.6) is 5.75 Å². The van der Waals surface area contributed by atoms with Gasteiger partial charge in [-0.1, -0.05) is 18.2 Å². The molecule has 6 rings (SSSR count). The highest BCUT2D eigenvalue weighted by Crippen LogP contribution is 2.46. The van der Waals surface area contributed by atoms with E-state index in [2.05, 4.69) is 4.98 Å². The summed E-state index contributed by atoms with van der Waals surface area (Å²) in [6.45, 7) is 1.93. The van der Waals surface area contributed by atoms with Crippen LogP contribution in [0.4, 0.5) is 8.78 Å². The Bertz CT molecular complexity index is 1900. The minimum absolute atomic E-state index is 0.137. The quantitative estimate of drug-likeness (QED) is 0.122. The molecule has 2 heterocycles. The smallest absolute Gasteiger partial charge is 0.357 e. The van der Waals surface area contributed by atoms with E-state index in [1.54, 1.807) is 66.6 Å². The first-order chi connectivity index (χ1) is 21.3. The number of hydrogen-bond donors (Lipinski definition) is 0. The first-order valence-electron chi connectivity index (χ1n) is 13.8. The van der Waals surface area contributed by atoms with Crippen LogP contribution in [0.25, 0.3) is 27.5 Å². The maximum Gasteiger partial charge on any atom is 0.357 e. The second-order valence-corrected chi connectivity index (χ2v) is 12.0. The number of halogens is 2. The van der Waals surface area contributed by atoms with Crippen LogP contribution in [-0.4, -0.2) is 43.2 Å². The van der Waals surface area contributed by atoms with Crippen LogP contribution in [0.2, 0.25) is 0 Å². The zero-order chi connectivity index (χ0) is 31.0. The number of thiazole rings is 1. The second kappa shape index (κ2) is 12.4. The summed E-state index contributed by atoms with van der Waals surface area (Å²) >= 11 is -1.47. The van der Waals surface area contributed by atoms with Gasteiger partial charge in [-0.05, 0) is 84.4 Å². The Morgan fingerprint density at radius 3 is 2.61 bits per heavy atom. The van der Waals surface area contributed by atoms with Gasteiger partial charge < -0.3 is 14.0 Å². The molecule has 1 atom stereocenters. The van der Waals surface area contributed by atoms with E-state index in [0.717, 1.165) is 24.1 Å². The molecule has 44 heavy (non-hydrogen) atoms. The van der Waals surface area contributed by atoms with Crippen LogP contribution in [0.3, 0.4) is 0 Å². The summed E-state index contributed by atoms with van der Waals surface area (Å²) in [4.78, 5) is 16.5. The number of carbonyl (C=O) groups is 1. The largest absolute Gasteiger partial charge is 0.768 e. The highest BCUT2D eigenvalue weighted by molar-refractivity contribution is 7.79. The highest BCUT2D eigenvalue weighted by Gasteiger charge is 2.34. The molecule has 226 valence electrons. The van der Waals surface area contributed by atoms with Gasteiger partial charge in [-0.15, -0.1) is 11.3 Å². The number of benzene rings is 3. The van der Waals surface area contributed by atoms with E-state index in [0.29, 0.717) is 38.8 Å². The molecule has 8 nitrogen and oxygen atoms in total. The van der Waals surface area contributed by atoms with E-state index in [1.165, 1.54) is 29.5 Å². The van der Waals surface area contributed by atoms with Gasteiger partial charge in [0.15, 0.2) is 5.69 Å². The Morgan fingerprint density at radius 2 is 1.91 bits per heavy atom. The number of rotatable bonds is 10. The van der Waals surface area contributed by atoms with Crippen molar-refractivity contribution in [1.29, 1.82) is 0 Å². The number of hydrogen-bond acceptors (Lipinski definition) is 8. The first kappa shape index (κ1) is 29.8. The fourth-order valence-corrected chi connectivity index (χ4v) is 6.28. The molecule has 0 bridgehead atoms. The fraction of sp³-hybridized carbons (Fsp3) is 0.219. The van der Waals surface area contributed by atoms with Gasteiger partial charge in [0.25, 0.3) is 0 Å². The van der Waals surface area contributed by atoms with E-state index in [-0.39, 0.29) is 24.6 Å². The Balaban J connectivity index is 1.52. The maximum atomic E-state index is 15.2. The van der Waals surface area contributed by atoms with Gasteiger partial charge >= 0.3 is 5.97 Å². The Kier molecular flexibility index (Phi) is 8.39. The van der Waals surface area contributed by atoms with Gasteiger partial charge in [-0.2, -0.15) is 5.10 Å². The topological polar surface area (TPSA) is 106 Å². The SMILES string of the molecule is CCOC(=O)c1csc(-n2nc(-c3ccc(F)c(-c4cccc(OC)c4)c3)c(Cc3ccc(S(=O)[O-])c(F)c3)c2C2CC2)n1. The minimum atomic E-state index is -2.71. The predicted molar refractivity (Wildman–Crippen MR) is 161 cm³/mol. The molecule has 0 aliphatic heterocycles. The highest BCUT2D eigenvalue weighted by atomic mass is 32.2. The second-order valence-electron chi connectivity index (χ2n) is 10.2. The van der Waals surface area contributed by atoms with E-state index in [1.807, 2.05) is 0 Å². The minimum Gasteiger partial charge on any atom is -0.768 e. The van der Waals surface area contributed by atoms with Crippen molar-refractivity contribution in [3.8, 4) is 33.3 Å². The molecule has 1 aliphatic carbocycles. The van der Waals surface area contributed by atoms with E-state index < -0.39 is 33.6 Å². The molecule has 5 aromatic rings. The number of ether oxygens (including phenoxy) is 2. The van der Waals surface area contributed by atoms with Crippen molar-refractivity contribution in [2.24, 2.45) is 0 Å². The van der Waals surface area contributed by atoms with Crippen molar-refractivity contribution >= 4 is 28.4 Å². The normalized spacial score (nSPS) is 13.6. The molecule has 0 amide bonds. The molecule has 0 N–H and O–H groups in total. The van der Waals surface area contributed by atoms with Crippen molar-refractivity contribution in [2.75, 3.05) is 13.7 Å². The van der Waals surface area contributed by atoms with Crippen LogP contribution >= 0.6 is 11.3 Å². The number of aromatic nitrogens is 3. The van der Waals surface area contributed by atoms with Gasteiger partial charge in [0.05, 0.1) is 30.0 Å². The summed E-state index contributed by atoms with van der Waals surface area (Å²) in [7, 11) is 1.54. The summed E-state index contributed by atoms with van der Waals surface area (Å²) in [6.07, 6.45) is 2.02. The van der Waals surface area contributed by atoms with E-state index in [4.69, 9.17) is 14.6 Å². The molecular weight excluding hydrogens is 608 g/mol. The Hall–Kier alpha value is -4.26. The van der Waals surface area contributed by atoms with Gasteiger partial charge in [0, 0.05) is 34.4 Å². The number of carbonyl (C=O) groups excluding carboxylic acids is 1. The van der Waals surface area contributed by atoms with Crippen LogP contribution in [0.1, 0.15) is 53.0 Å². The number of esters is 1. The van der Waals surface area contributed by atoms with Gasteiger partial charge in [0.1, 0.15) is 17.4 Å². The molecule has 3 aromatic carbocycles. The number of methoxy groups -OCH3 is 1. The van der Waals surface area contributed by atoms with Gasteiger partial charge in [-0.25, -0.2) is 23.2 Å². The standard InChI is InChI=1S/C32H27F2N3O5S2/c1-3-42-31(38)27-17-43-32(35-27)37-30(19-8-9-19)24(13-18-7-12-28(44(39)40)26(34)14-18)29(36-37)21-10-11-25(33)23(16-21)20-5-4-6-22(15-20)41-2/h4-7,10-12,14-17,19H,3,8-9,13H2,1-2H3,(H,39,40)/p-1. The van der Waals surface area contributed by atoms with Crippen LogP contribution < -0.4 is 4.74 Å². The van der Waals surface area contributed by atoms with Crippen molar-refractivity contribution in [3.05, 3.63) is 100 Å². The van der Waals surface area contributed by atoms with Crippen LogP contribution in [-0.2, 0) is 22.2 Å². The third-order valence-electron chi connectivity index (χ3n) is 7.32. The lowest BCUT2D eigenvalue weighted by atomic mass is 9.95. The Morgan fingerprint density at radius 1 is 1.09 bits per heavy atom. The molecule has 2 aromatic heterocycles. The lowest BCUT2D eigenvalue weighted by molar-refractivity contribution is 0.0520. The van der Waals surface area contributed by atoms with Crippen LogP contribution in [0, 0.1) is 11.6 Å². The van der Waals surface area contributed by atoms with Crippen molar-refractivity contribution in [3.63, 3.8) is 0 Å². The molecule has 1 fully saturated rings. The summed E-state index contributed by atoms with van der Waals surface area (Å²) in [5, 5.41) is 7.04. The third-order valence-corrected chi connectivity index (χ3v) is 8.83. The summed E-state index contributed by atoms with van der Waals surface area (Å²) < 4.78 is 65.0. The molecule has 0 spiro atoms. The zero-order valence-electron chi connectivity index (χ0n) is 23.7. The molecular formula is C32H26F2N3O5S2-. The third kappa shape index (κ3) is 5.92. The first-order valence-corrected chi connectivity index (χ1v) is 15.8. The molecule has 12 heteroatoms. The molecule has 1 unspecified atom stereocenters. The van der Waals surface area contributed by atoms with Gasteiger partial charge in [0.2, 0.25) is 5.13 Å². The summed E-state index contributed by atoms with van der Waals surface area (Å²) in [6, 6.07) is 15.8. The average molecular weight is 635 g/mol. The Labute approximate surface area is 258 Å². The molecule has 1 saturated carbocycles. The number of nitrogens with zero attached hydrogens (tertiary/aromatic N) is 3. The van der Waals surface area contributed by atoms with Crippen molar-refractivity contribution in [1.82, 2.24) is 14.8 Å². The van der Waals surface area contributed by atoms with E-state index in [9.17, 15) is 17.9 Å². The lowest BCUT2D eigenvalue weighted by Crippen LogP contribution is -2.07. The monoisotopic (exact) mass is 634 g/mol. The summed E-state index contributed by atoms with van der Waals surface area (Å²) in [5.74, 6) is -1.09. The van der Waals surface area contributed by atoms with E-state index >= 15 is 4.39 Å².